The lowest BCUT2D eigenvalue weighted by Crippen LogP contribution is -2.45. The van der Waals surface area contributed by atoms with E-state index < -0.39 is 29.8 Å². The number of alkyl carbamates (subject to hydrolysis) is 1. The SMILES string of the molecule is CC(NC(=O)OC(C)(C)C)C(O)COC(=O)c1ccccc1. The molecule has 0 aromatic heterocycles. The second-order valence-corrected chi connectivity index (χ2v) is 5.97. The summed E-state index contributed by atoms with van der Waals surface area (Å²) in [7, 11) is 0. The predicted octanol–water partition coefficient (Wildman–Crippen LogP) is 2.12. The lowest BCUT2D eigenvalue weighted by Gasteiger charge is -2.24. The zero-order chi connectivity index (χ0) is 16.8. The van der Waals surface area contributed by atoms with Crippen LogP contribution in [0.15, 0.2) is 30.3 Å². The van der Waals surface area contributed by atoms with Crippen molar-refractivity contribution in [3.63, 3.8) is 0 Å². The van der Waals surface area contributed by atoms with E-state index >= 15 is 0 Å². The Morgan fingerprint density at radius 3 is 2.36 bits per heavy atom. The van der Waals surface area contributed by atoms with Crippen molar-refractivity contribution in [2.75, 3.05) is 6.61 Å². The average Bonchev–Trinajstić information content (AvgIpc) is 2.43. The molecule has 0 fully saturated rings. The highest BCUT2D eigenvalue weighted by atomic mass is 16.6. The summed E-state index contributed by atoms with van der Waals surface area (Å²) in [4.78, 5) is 23.3. The molecule has 2 atom stereocenters. The normalized spacial score (nSPS) is 13.9. The number of hydrogen-bond donors (Lipinski definition) is 2. The van der Waals surface area contributed by atoms with Crippen molar-refractivity contribution >= 4 is 12.1 Å². The molecule has 2 unspecified atom stereocenters. The highest BCUT2D eigenvalue weighted by Gasteiger charge is 2.22. The minimum Gasteiger partial charge on any atom is -0.459 e. The number of rotatable bonds is 5. The first-order valence-electron chi connectivity index (χ1n) is 7.09. The second-order valence-electron chi connectivity index (χ2n) is 5.97. The van der Waals surface area contributed by atoms with Gasteiger partial charge in [-0.2, -0.15) is 0 Å². The monoisotopic (exact) mass is 309 g/mol. The van der Waals surface area contributed by atoms with Crippen molar-refractivity contribution in [2.45, 2.75) is 45.4 Å². The first-order chi connectivity index (χ1) is 10.2. The standard InChI is InChI=1S/C16H23NO5/c1-11(17-15(20)22-16(2,3)4)13(18)10-21-14(19)12-8-6-5-7-9-12/h5-9,11,13,18H,10H2,1-4H3,(H,17,20). The van der Waals surface area contributed by atoms with Gasteiger partial charge in [0.25, 0.3) is 0 Å². The molecular formula is C16H23NO5. The van der Waals surface area contributed by atoms with Crippen LogP contribution in [0.2, 0.25) is 0 Å². The summed E-state index contributed by atoms with van der Waals surface area (Å²) in [6, 6.07) is 7.87. The van der Waals surface area contributed by atoms with Crippen LogP contribution < -0.4 is 5.32 Å². The van der Waals surface area contributed by atoms with Crippen LogP contribution in [0.4, 0.5) is 4.79 Å². The van der Waals surface area contributed by atoms with E-state index in [0.717, 1.165) is 0 Å². The summed E-state index contributed by atoms with van der Waals surface area (Å²) < 4.78 is 10.1. The molecule has 0 aliphatic carbocycles. The Bertz CT molecular complexity index is 495. The lowest BCUT2D eigenvalue weighted by molar-refractivity contribution is 0.0129. The number of amides is 1. The highest BCUT2D eigenvalue weighted by molar-refractivity contribution is 5.89. The van der Waals surface area contributed by atoms with Crippen LogP contribution in [-0.2, 0) is 9.47 Å². The van der Waals surface area contributed by atoms with Gasteiger partial charge in [0.05, 0.1) is 11.6 Å². The summed E-state index contributed by atoms with van der Waals surface area (Å²) >= 11 is 0. The van der Waals surface area contributed by atoms with Crippen molar-refractivity contribution in [1.82, 2.24) is 5.32 Å². The maximum atomic E-state index is 11.7. The fourth-order valence-electron chi connectivity index (χ4n) is 1.55. The molecule has 6 heteroatoms. The van der Waals surface area contributed by atoms with Gasteiger partial charge in [-0.25, -0.2) is 9.59 Å². The quantitative estimate of drug-likeness (QED) is 0.814. The fraction of sp³-hybridized carbons (Fsp3) is 0.500. The van der Waals surface area contributed by atoms with Gasteiger partial charge in [0.1, 0.15) is 18.3 Å². The molecule has 0 saturated carbocycles. The van der Waals surface area contributed by atoms with Crippen molar-refractivity contribution < 1.29 is 24.2 Å². The molecule has 0 radical (unpaired) electrons. The third-order valence-electron chi connectivity index (χ3n) is 2.72. The first-order valence-corrected chi connectivity index (χ1v) is 7.09. The van der Waals surface area contributed by atoms with E-state index in [9.17, 15) is 14.7 Å². The summed E-state index contributed by atoms with van der Waals surface area (Å²) in [5.41, 5.74) is -0.211. The van der Waals surface area contributed by atoms with Gasteiger partial charge in [0, 0.05) is 0 Å². The first kappa shape index (κ1) is 18.0. The van der Waals surface area contributed by atoms with Crippen molar-refractivity contribution in [3.05, 3.63) is 35.9 Å². The number of esters is 1. The summed E-state index contributed by atoms with van der Waals surface area (Å²) in [6.45, 7) is 6.62. The Morgan fingerprint density at radius 1 is 1.23 bits per heavy atom. The highest BCUT2D eigenvalue weighted by Crippen LogP contribution is 2.07. The number of carbonyl (C=O) groups is 2. The van der Waals surface area contributed by atoms with Crippen LogP contribution in [0.25, 0.3) is 0 Å². The third-order valence-corrected chi connectivity index (χ3v) is 2.72. The second kappa shape index (κ2) is 7.79. The molecule has 0 bridgehead atoms. The third kappa shape index (κ3) is 6.58. The molecule has 1 aromatic carbocycles. The Kier molecular flexibility index (Phi) is 6.37. The van der Waals surface area contributed by atoms with Crippen LogP contribution in [0.1, 0.15) is 38.1 Å². The van der Waals surface area contributed by atoms with E-state index in [-0.39, 0.29) is 6.61 Å². The molecule has 0 spiro atoms. The summed E-state index contributed by atoms with van der Waals surface area (Å²) in [6.07, 6.45) is -1.66. The van der Waals surface area contributed by atoms with E-state index in [2.05, 4.69) is 5.32 Å². The van der Waals surface area contributed by atoms with Crippen LogP contribution in [0.5, 0.6) is 0 Å². The number of ether oxygens (including phenoxy) is 2. The predicted molar refractivity (Wildman–Crippen MR) is 81.6 cm³/mol. The molecule has 1 amide bonds. The largest absolute Gasteiger partial charge is 0.459 e. The molecule has 6 nitrogen and oxygen atoms in total. The van der Waals surface area contributed by atoms with Gasteiger partial charge in [-0.3, -0.25) is 0 Å². The summed E-state index contributed by atoms with van der Waals surface area (Å²) in [5, 5.41) is 12.4. The number of nitrogens with one attached hydrogen (secondary N) is 1. The van der Waals surface area contributed by atoms with Crippen LogP contribution in [0, 0.1) is 0 Å². The van der Waals surface area contributed by atoms with Gasteiger partial charge in [-0.05, 0) is 39.8 Å². The number of carbonyl (C=O) groups excluding carboxylic acids is 2. The zero-order valence-corrected chi connectivity index (χ0v) is 13.3. The van der Waals surface area contributed by atoms with Gasteiger partial charge in [-0.15, -0.1) is 0 Å². The topological polar surface area (TPSA) is 84.9 Å². The molecule has 0 saturated heterocycles. The van der Waals surface area contributed by atoms with Crippen LogP contribution >= 0.6 is 0 Å². The van der Waals surface area contributed by atoms with Crippen LogP contribution in [-0.4, -0.2) is 41.5 Å². The molecule has 2 N–H and O–H groups in total. The maximum absolute atomic E-state index is 11.7. The van der Waals surface area contributed by atoms with E-state index in [1.54, 1.807) is 58.0 Å². The van der Waals surface area contributed by atoms with E-state index in [1.807, 2.05) is 0 Å². The smallest absolute Gasteiger partial charge is 0.407 e. The molecular weight excluding hydrogens is 286 g/mol. The Labute approximate surface area is 130 Å². The Hall–Kier alpha value is -2.08. The number of aliphatic hydroxyl groups excluding tert-OH is 1. The molecule has 0 heterocycles. The van der Waals surface area contributed by atoms with E-state index in [4.69, 9.17) is 9.47 Å². The average molecular weight is 309 g/mol. The van der Waals surface area contributed by atoms with Gasteiger partial charge in [-0.1, -0.05) is 18.2 Å². The molecule has 122 valence electrons. The maximum Gasteiger partial charge on any atom is 0.407 e. The van der Waals surface area contributed by atoms with Crippen LogP contribution in [0.3, 0.4) is 0 Å². The summed E-state index contributed by atoms with van der Waals surface area (Å²) in [5.74, 6) is -0.524. The van der Waals surface area contributed by atoms with Crippen molar-refractivity contribution in [2.24, 2.45) is 0 Å². The fourth-order valence-corrected chi connectivity index (χ4v) is 1.55. The number of benzene rings is 1. The zero-order valence-electron chi connectivity index (χ0n) is 13.3. The van der Waals surface area contributed by atoms with Gasteiger partial charge >= 0.3 is 12.1 Å². The van der Waals surface area contributed by atoms with Gasteiger partial charge in [0.2, 0.25) is 0 Å². The van der Waals surface area contributed by atoms with Crippen molar-refractivity contribution in [3.8, 4) is 0 Å². The Morgan fingerprint density at radius 2 is 1.82 bits per heavy atom. The van der Waals surface area contributed by atoms with Gasteiger partial charge < -0.3 is 19.9 Å². The number of aliphatic hydroxyl groups is 1. The van der Waals surface area contributed by atoms with Gasteiger partial charge in [0.15, 0.2) is 0 Å². The molecule has 1 rings (SSSR count). The number of hydrogen-bond acceptors (Lipinski definition) is 5. The Balaban J connectivity index is 2.40. The minimum atomic E-state index is -1.03. The molecule has 0 aliphatic heterocycles. The van der Waals surface area contributed by atoms with Crippen molar-refractivity contribution in [1.29, 1.82) is 0 Å². The molecule has 0 aliphatic rings. The molecule has 1 aromatic rings. The minimum absolute atomic E-state index is 0.218. The van der Waals surface area contributed by atoms with E-state index in [0.29, 0.717) is 5.56 Å². The lowest BCUT2D eigenvalue weighted by atomic mass is 10.2. The van der Waals surface area contributed by atoms with E-state index in [1.165, 1.54) is 0 Å². The molecule has 22 heavy (non-hydrogen) atoms.